The Bertz CT molecular complexity index is 403. The second-order valence-electron chi connectivity index (χ2n) is 4.40. The first-order valence-electron chi connectivity index (χ1n) is 6.40. The van der Waals surface area contributed by atoms with Crippen LogP contribution in [-0.4, -0.2) is 59.0 Å². The number of nitrogens with zero attached hydrogens (tertiary/aromatic N) is 3. The van der Waals surface area contributed by atoms with Crippen LogP contribution in [0.3, 0.4) is 0 Å². The van der Waals surface area contributed by atoms with Crippen LogP contribution in [0.5, 0.6) is 0 Å². The first-order chi connectivity index (χ1) is 9.29. The summed E-state index contributed by atoms with van der Waals surface area (Å²) in [5, 5.41) is 3.25. The van der Waals surface area contributed by atoms with Crippen LogP contribution in [0.4, 0.5) is 5.95 Å². The van der Waals surface area contributed by atoms with Crippen LogP contribution in [0.15, 0.2) is 12.4 Å². The van der Waals surface area contributed by atoms with Gasteiger partial charge in [0.25, 0.3) is 0 Å². The molecule has 0 atom stereocenters. The topological polar surface area (TPSA) is 67.3 Å². The summed E-state index contributed by atoms with van der Waals surface area (Å²) in [6.07, 6.45) is 3.68. The van der Waals surface area contributed by atoms with Crippen molar-refractivity contribution in [2.24, 2.45) is 0 Å². The van der Waals surface area contributed by atoms with E-state index in [2.05, 4.69) is 20.2 Å². The molecular formula is C12H20N4O2S. The molecule has 1 aliphatic heterocycles. The Balaban J connectivity index is 1.82. The number of nitrogens with one attached hydrogen (secondary N) is 1. The molecular weight excluding hydrogens is 264 g/mol. The molecule has 106 valence electrons. The van der Waals surface area contributed by atoms with Gasteiger partial charge in [0.05, 0.1) is 6.61 Å². The molecule has 0 aliphatic carbocycles. The molecule has 2 rings (SSSR count). The zero-order chi connectivity index (χ0) is 13.5. The lowest BCUT2D eigenvalue weighted by molar-refractivity contribution is 0.199. The first kappa shape index (κ1) is 14.4. The highest BCUT2D eigenvalue weighted by atomic mass is 32.2. The van der Waals surface area contributed by atoms with Gasteiger partial charge in [-0.05, 0) is 0 Å². The fourth-order valence-electron chi connectivity index (χ4n) is 1.85. The van der Waals surface area contributed by atoms with E-state index in [4.69, 9.17) is 4.74 Å². The fourth-order valence-corrected chi connectivity index (χ4v) is 2.90. The summed E-state index contributed by atoms with van der Waals surface area (Å²) < 4.78 is 16.3. The minimum atomic E-state index is -0.665. The van der Waals surface area contributed by atoms with Crippen LogP contribution in [0, 0.1) is 0 Å². The molecule has 1 N–H and O–H groups in total. The molecule has 1 aromatic rings. The molecule has 6 nitrogen and oxygen atoms in total. The fraction of sp³-hybridized carbons (Fsp3) is 0.667. The van der Waals surface area contributed by atoms with Gasteiger partial charge in [0.15, 0.2) is 0 Å². The number of hydrogen-bond acceptors (Lipinski definition) is 6. The number of hydrogen-bond donors (Lipinski definition) is 1. The second-order valence-corrected chi connectivity index (χ2v) is 6.09. The van der Waals surface area contributed by atoms with E-state index < -0.39 is 10.8 Å². The van der Waals surface area contributed by atoms with Gasteiger partial charge in [-0.25, -0.2) is 9.97 Å². The van der Waals surface area contributed by atoms with Gasteiger partial charge in [0.1, 0.15) is 0 Å². The Hall–Kier alpha value is -1.05. The maximum atomic E-state index is 11.3. The SMILES string of the molecule is COCCNCc1cnc(N2CCS(=O)CC2)nc1. The molecule has 0 aromatic carbocycles. The Morgan fingerprint density at radius 1 is 1.37 bits per heavy atom. The Labute approximate surface area is 116 Å². The molecule has 2 heterocycles. The monoisotopic (exact) mass is 284 g/mol. The average molecular weight is 284 g/mol. The molecule has 1 saturated heterocycles. The van der Waals surface area contributed by atoms with E-state index in [0.29, 0.717) is 18.1 Å². The number of anilines is 1. The smallest absolute Gasteiger partial charge is 0.225 e. The van der Waals surface area contributed by atoms with E-state index in [1.54, 1.807) is 7.11 Å². The van der Waals surface area contributed by atoms with Crippen LogP contribution in [-0.2, 0) is 22.1 Å². The van der Waals surface area contributed by atoms with Gasteiger partial charge in [-0.2, -0.15) is 0 Å². The van der Waals surface area contributed by atoms with Gasteiger partial charge in [-0.15, -0.1) is 0 Å². The quantitative estimate of drug-likeness (QED) is 0.729. The lowest BCUT2D eigenvalue weighted by atomic mass is 10.3. The largest absolute Gasteiger partial charge is 0.383 e. The number of rotatable bonds is 6. The molecule has 0 radical (unpaired) electrons. The number of ether oxygens (including phenoxy) is 1. The molecule has 1 fully saturated rings. The van der Waals surface area contributed by atoms with Gasteiger partial charge >= 0.3 is 0 Å². The number of methoxy groups -OCH3 is 1. The van der Waals surface area contributed by atoms with Crippen molar-refractivity contribution < 1.29 is 8.95 Å². The predicted octanol–water partition coefficient (Wildman–Crippen LogP) is -0.219. The van der Waals surface area contributed by atoms with Crippen molar-refractivity contribution in [2.45, 2.75) is 6.54 Å². The van der Waals surface area contributed by atoms with Crippen molar-refractivity contribution in [3.05, 3.63) is 18.0 Å². The summed E-state index contributed by atoms with van der Waals surface area (Å²) in [4.78, 5) is 10.8. The summed E-state index contributed by atoms with van der Waals surface area (Å²) in [6.45, 7) is 3.81. The van der Waals surface area contributed by atoms with E-state index in [1.807, 2.05) is 12.4 Å². The molecule has 19 heavy (non-hydrogen) atoms. The molecule has 0 bridgehead atoms. The highest BCUT2D eigenvalue weighted by Gasteiger charge is 2.17. The van der Waals surface area contributed by atoms with E-state index >= 15 is 0 Å². The second kappa shape index (κ2) is 7.52. The van der Waals surface area contributed by atoms with E-state index in [0.717, 1.165) is 37.7 Å². The normalized spacial score (nSPS) is 16.8. The van der Waals surface area contributed by atoms with Gasteiger partial charge < -0.3 is 15.0 Å². The molecule has 0 spiro atoms. The maximum absolute atomic E-state index is 11.3. The Kier molecular flexibility index (Phi) is 5.68. The molecule has 1 aromatic heterocycles. The van der Waals surface area contributed by atoms with Crippen molar-refractivity contribution in [3.63, 3.8) is 0 Å². The lowest BCUT2D eigenvalue weighted by Gasteiger charge is -2.26. The Morgan fingerprint density at radius 3 is 2.68 bits per heavy atom. The predicted molar refractivity (Wildman–Crippen MR) is 75.7 cm³/mol. The summed E-state index contributed by atoms with van der Waals surface area (Å²) in [7, 11) is 1.02. The van der Waals surface area contributed by atoms with Crippen LogP contribution in [0.25, 0.3) is 0 Å². The molecule has 0 amide bonds. The molecule has 0 saturated carbocycles. The van der Waals surface area contributed by atoms with E-state index in [1.165, 1.54) is 0 Å². The van der Waals surface area contributed by atoms with Crippen molar-refractivity contribution in [1.29, 1.82) is 0 Å². The third kappa shape index (κ3) is 4.52. The standard InChI is InChI=1S/C12H20N4O2S/c1-18-5-2-13-8-11-9-14-12(15-10-11)16-3-6-19(17)7-4-16/h9-10,13H,2-8H2,1H3. The van der Waals surface area contributed by atoms with Crippen molar-refractivity contribution >= 4 is 16.7 Å². The third-order valence-corrected chi connectivity index (χ3v) is 4.24. The summed E-state index contributed by atoms with van der Waals surface area (Å²) in [5.41, 5.74) is 1.06. The minimum absolute atomic E-state index is 0.665. The summed E-state index contributed by atoms with van der Waals surface area (Å²) >= 11 is 0. The minimum Gasteiger partial charge on any atom is -0.383 e. The Morgan fingerprint density at radius 2 is 2.05 bits per heavy atom. The molecule has 7 heteroatoms. The van der Waals surface area contributed by atoms with Crippen molar-refractivity contribution in [3.8, 4) is 0 Å². The zero-order valence-electron chi connectivity index (χ0n) is 11.2. The van der Waals surface area contributed by atoms with E-state index in [9.17, 15) is 4.21 Å². The average Bonchev–Trinajstić information content (AvgIpc) is 2.45. The van der Waals surface area contributed by atoms with Crippen LogP contribution in [0.1, 0.15) is 5.56 Å². The van der Waals surface area contributed by atoms with Crippen LogP contribution < -0.4 is 10.2 Å². The van der Waals surface area contributed by atoms with Crippen molar-refractivity contribution in [2.75, 3.05) is 49.8 Å². The highest BCUT2D eigenvalue weighted by molar-refractivity contribution is 7.85. The van der Waals surface area contributed by atoms with Crippen LogP contribution in [0.2, 0.25) is 0 Å². The van der Waals surface area contributed by atoms with E-state index in [-0.39, 0.29) is 0 Å². The molecule has 0 unspecified atom stereocenters. The van der Waals surface area contributed by atoms with Gasteiger partial charge in [0, 0.05) is 73.6 Å². The first-order valence-corrected chi connectivity index (χ1v) is 7.89. The highest BCUT2D eigenvalue weighted by Crippen LogP contribution is 2.10. The maximum Gasteiger partial charge on any atom is 0.225 e. The number of aromatic nitrogens is 2. The summed E-state index contributed by atoms with van der Waals surface area (Å²) in [5.74, 6) is 2.16. The van der Waals surface area contributed by atoms with Crippen molar-refractivity contribution in [1.82, 2.24) is 15.3 Å². The third-order valence-electron chi connectivity index (χ3n) is 2.96. The van der Waals surface area contributed by atoms with Gasteiger partial charge in [0.2, 0.25) is 5.95 Å². The van der Waals surface area contributed by atoms with Gasteiger partial charge in [-0.3, -0.25) is 4.21 Å². The summed E-state index contributed by atoms with van der Waals surface area (Å²) in [6, 6.07) is 0. The molecule has 1 aliphatic rings. The van der Waals surface area contributed by atoms with Gasteiger partial charge in [-0.1, -0.05) is 0 Å². The lowest BCUT2D eigenvalue weighted by Crippen LogP contribution is -2.38. The zero-order valence-corrected chi connectivity index (χ0v) is 12.0. The van der Waals surface area contributed by atoms with Crippen LogP contribution >= 0.6 is 0 Å².